The number of aliphatic hydroxyl groups excluding tert-OH is 2. The van der Waals surface area contributed by atoms with Crippen LogP contribution in [0.15, 0.2) is 4.52 Å². The number of carbonyl (C=O) groups is 2. The minimum absolute atomic E-state index is 0.0370. The van der Waals surface area contributed by atoms with Crippen molar-refractivity contribution < 1.29 is 29.4 Å². The van der Waals surface area contributed by atoms with Crippen LogP contribution in [0.5, 0.6) is 0 Å². The first-order valence-corrected chi connectivity index (χ1v) is 5.54. The Morgan fingerprint density at radius 3 is 2.60 bits per heavy atom. The number of carboxylic acid groups (broad SMARTS) is 1. The third-order valence-corrected chi connectivity index (χ3v) is 2.20. The molecule has 0 aliphatic heterocycles. The number of carbonyl (C=O) groups excluding carboxylic acids is 1. The molecule has 1 aromatic rings. The van der Waals surface area contributed by atoms with Gasteiger partial charge in [-0.25, -0.2) is 9.59 Å². The third-order valence-electron chi connectivity index (χ3n) is 2.20. The number of nitrogens with zero attached hydrogens (tertiary/aromatic N) is 2. The molecule has 0 aliphatic rings. The zero-order valence-electron chi connectivity index (χ0n) is 10.3. The summed E-state index contributed by atoms with van der Waals surface area (Å²) in [5, 5.41) is 33.9. The lowest BCUT2D eigenvalue weighted by Crippen LogP contribution is -2.47. The SMILES string of the molecule is NC(CO)c1noc(CNC(=O)NC(CO)C(=O)O)n1. The molecule has 0 aromatic carbocycles. The van der Waals surface area contributed by atoms with Gasteiger partial charge in [-0.2, -0.15) is 4.98 Å². The van der Waals surface area contributed by atoms with Crippen molar-refractivity contribution in [2.24, 2.45) is 5.73 Å². The van der Waals surface area contributed by atoms with E-state index in [-0.39, 0.29) is 24.9 Å². The highest BCUT2D eigenvalue weighted by Gasteiger charge is 2.19. The van der Waals surface area contributed by atoms with Crippen molar-refractivity contribution in [1.82, 2.24) is 20.8 Å². The van der Waals surface area contributed by atoms with Gasteiger partial charge in [-0.05, 0) is 0 Å². The van der Waals surface area contributed by atoms with Crippen LogP contribution >= 0.6 is 0 Å². The van der Waals surface area contributed by atoms with E-state index in [1.54, 1.807) is 0 Å². The van der Waals surface area contributed by atoms with Crippen molar-refractivity contribution >= 4 is 12.0 Å². The number of nitrogens with two attached hydrogens (primary N) is 1. The summed E-state index contributed by atoms with van der Waals surface area (Å²) in [6.45, 7) is -1.25. The normalized spacial score (nSPS) is 13.6. The number of hydrogen-bond donors (Lipinski definition) is 6. The monoisotopic (exact) mass is 289 g/mol. The molecule has 0 bridgehead atoms. The molecule has 0 aliphatic carbocycles. The van der Waals surface area contributed by atoms with Gasteiger partial charge in [-0.3, -0.25) is 0 Å². The zero-order valence-corrected chi connectivity index (χ0v) is 10.3. The van der Waals surface area contributed by atoms with E-state index < -0.39 is 30.7 Å². The molecule has 11 heteroatoms. The molecule has 112 valence electrons. The molecule has 7 N–H and O–H groups in total. The average Bonchev–Trinajstić information content (AvgIpc) is 2.90. The summed E-state index contributed by atoms with van der Waals surface area (Å²) >= 11 is 0. The average molecular weight is 289 g/mol. The highest BCUT2D eigenvalue weighted by Crippen LogP contribution is 2.04. The molecule has 0 radical (unpaired) electrons. The first kappa shape index (κ1) is 15.8. The minimum atomic E-state index is -1.41. The van der Waals surface area contributed by atoms with Crippen molar-refractivity contribution in [1.29, 1.82) is 0 Å². The third kappa shape index (κ3) is 4.46. The van der Waals surface area contributed by atoms with Crippen molar-refractivity contribution in [2.45, 2.75) is 18.6 Å². The second-order valence-electron chi connectivity index (χ2n) is 3.74. The Bertz CT molecular complexity index is 463. The van der Waals surface area contributed by atoms with E-state index in [0.717, 1.165) is 0 Å². The fourth-order valence-electron chi connectivity index (χ4n) is 1.12. The molecule has 0 saturated carbocycles. The molecule has 2 unspecified atom stereocenters. The molecular formula is C9H15N5O6. The van der Waals surface area contributed by atoms with E-state index in [9.17, 15) is 9.59 Å². The molecule has 11 nitrogen and oxygen atoms in total. The highest BCUT2D eigenvalue weighted by molar-refractivity contribution is 5.82. The first-order valence-electron chi connectivity index (χ1n) is 5.54. The van der Waals surface area contributed by atoms with Crippen LogP contribution in [0.25, 0.3) is 0 Å². The summed E-state index contributed by atoms with van der Waals surface area (Å²) in [6.07, 6.45) is 0. The highest BCUT2D eigenvalue weighted by atomic mass is 16.5. The van der Waals surface area contributed by atoms with E-state index in [1.807, 2.05) is 5.32 Å². The van der Waals surface area contributed by atoms with Gasteiger partial charge >= 0.3 is 12.0 Å². The van der Waals surface area contributed by atoms with Gasteiger partial charge in [0.15, 0.2) is 11.9 Å². The Labute approximate surface area is 112 Å². The number of urea groups is 1. The maximum Gasteiger partial charge on any atom is 0.328 e. The standard InChI is InChI=1S/C9H15N5O6/c10-4(2-15)7-13-6(20-14-7)1-11-9(19)12-5(3-16)8(17)18/h4-5,15-16H,1-3,10H2,(H,17,18)(H2,11,12,19). The maximum absolute atomic E-state index is 11.3. The number of amides is 2. The quantitative estimate of drug-likeness (QED) is 0.311. The lowest BCUT2D eigenvalue weighted by Gasteiger charge is -2.11. The zero-order chi connectivity index (χ0) is 15.1. The summed E-state index contributed by atoms with van der Waals surface area (Å²) < 4.78 is 4.76. The van der Waals surface area contributed by atoms with Crippen molar-refractivity contribution in [3.8, 4) is 0 Å². The maximum atomic E-state index is 11.3. The Morgan fingerprint density at radius 1 is 1.35 bits per heavy atom. The number of aliphatic hydroxyl groups is 2. The number of aromatic nitrogens is 2. The molecule has 0 fully saturated rings. The Hall–Kier alpha value is -2.24. The van der Waals surface area contributed by atoms with Gasteiger partial charge in [-0.1, -0.05) is 5.16 Å². The van der Waals surface area contributed by atoms with E-state index in [1.165, 1.54) is 0 Å². The van der Waals surface area contributed by atoms with Crippen LogP contribution < -0.4 is 16.4 Å². The molecule has 1 rings (SSSR count). The fraction of sp³-hybridized carbons (Fsp3) is 0.556. The molecular weight excluding hydrogens is 274 g/mol. The van der Waals surface area contributed by atoms with Crippen molar-refractivity contribution in [3.05, 3.63) is 11.7 Å². The van der Waals surface area contributed by atoms with Gasteiger partial charge in [0.05, 0.1) is 25.8 Å². The van der Waals surface area contributed by atoms with Gasteiger partial charge in [0.2, 0.25) is 5.89 Å². The van der Waals surface area contributed by atoms with Crippen molar-refractivity contribution in [3.63, 3.8) is 0 Å². The van der Waals surface area contributed by atoms with E-state index in [2.05, 4.69) is 15.5 Å². The molecule has 1 aromatic heterocycles. The van der Waals surface area contributed by atoms with Crippen LogP contribution in [-0.2, 0) is 11.3 Å². The van der Waals surface area contributed by atoms with E-state index in [0.29, 0.717) is 0 Å². The van der Waals surface area contributed by atoms with Crippen LogP contribution in [-0.4, -0.2) is 56.7 Å². The number of nitrogens with one attached hydrogen (secondary N) is 2. The molecule has 20 heavy (non-hydrogen) atoms. The summed E-state index contributed by atoms with van der Waals surface area (Å²) in [7, 11) is 0. The number of carboxylic acids is 1. The smallest absolute Gasteiger partial charge is 0.328 e. The molecule has 2 atom stereocenters. The van der Waals surface area contributed by atoms with Gasteiger partial charge < -0.3 is 36.2 Å². The van der Waals surface area contributed by atoms with Gasteiger partial charge in [0, 0.05) is 0 Å². The summed E-state index contributed by atoms with van der Waals surface area (Å²) in [5.74, 6) is -1.24. The van der Waals surface area contributed by atoms with E-state index in [4.69, 9.17) is 25.6 Å². The van der Waals surface area contributed by atoms with Gasteiger partial charge in [0.1, 0.15) is 0 Å². The van der Waals surface area contributed by atoms with Crippen LogP contribution in [0, 0.1) is 0 Å². The Morgan fingerprint density at radius 2 is 2.05 bits per heavy atom. The van der Waals surface area contributed by atoms with Crippen LogP contribution in [0.2, 0.25) is 0 Å². The molecule has 2 amide bonds. The molecule has 1 heterocycles. The predicted octanol–water partition coefficient (Wildman–Crippen LogP) is -2.69. The lowest BCUT2D eigenvalue weighted by molar-refractivity contribution is -0.140. The second kappa shape index (κ2) is 7.37. The number of aliphatic carboxylic acids is 1. The topological polar surface area (TPSA) is 184 Å². The summed E-state index contributed by atoms with van der Waals surface area (Å²) in [6, 6.07) is -3.01. The second-order valence-corrected chi connectivity index (χ2v) is 3.74. The van der Waals surface area contributed by atoms with Crippen molar-refractivity contribution in [2.75, 3.05) is 13.2 Å². The fourth-order valence-corrected chi connectivity index (χ4v) is 1.12. The lowest BCUT2D eigenvalue weighted by atomic mass is 10.3. The predicted molar refractivity (Wildman–Crippen MR) is 62.2 cm³/mol. The molecule has 0 spiro atoms. The minimum Gasteiger partial charge on any atom is -0.480 e. The largest absolute Gasteiger partial charge is 0.480 e. The molecule has 0 saturated heterocycles. The number of hydrogen-bond acceptors (Lipinski definition) is 8. The van der Waals surface area contributed by atoms with E-state index >= 15 is 0 Å². The Kier molecular flexibility index (Phi) is 5.83. The first-order chi connectivity index (χ1) is 9.47. The summed E-state index contributed by atoms with van der Waals surface area (Å²) in [4.78, 5) is 25.7. The van der Waals surface area contributed by atoms with Gasteiger partial charge in [-0.15, -0.1) is 0 Å². The van der Waals surface area contributed by atoms with Gasteiger partial charge in [0.25, 0.3) is 0 Å². The number of rotatable bonds is 7. The van der Waals surface area contributed by atoms with Crippen LogP contribution in [0.1, 0.15) is 17.8 Å². The van der Waals surface area contributed by atoms with Crippen LogP contribution in [0.4, 0.5) is 4.79 Å². The van der Waals surface area contributed by atoms with Crippen LogP contribution in [0.3, 0.4) is 0 Å². The summed E-state index contributed by atoms with van der Waals surface area (Å²) in [5.41, 5.74) is 5.45. The Balaban J connectivity index is 2.45.